The first kappa shape index (κ1) is 19.5. The molecule has 1 saturated carbocycles. The highest BCUT2D eigenvalue weighted by molar-refractivity contribution is 5.68. The van der Waals surface area contributed by atoms with Crippen LogP contribution >= 0.6 is 0 Å². The Balaban J connectivity index is 1.26. The Kier molecular flexibility index (Phi) is 7.30. The zero-order valence-corrected chi connectivity index (χ0v) is 15.8. The fourth-order valence-corrected chi connectivity index (χ4v) is 3.63. The lowest BCUT2D eigenvalue weighted by Gasteiger charge is -2.28. The van der Waals surface area contributed by atoms with E-state index in [0.717, 1.165) is 57.3 Å². The molecule has 1 N–H and O–H groups in total. The third kappa shape index (κ3) is 6.41. The van der Waals surface area contributed by atoms with Crippen LogP contribution in [0.1, 0.15) is 44.2 Å². The fraction of sp³-hybridized carbons (Fsp3) is 0.650. The highest BCUT2D eigenvalue weighted by Gasteiger charge is 2.26. The molecule has 7 nitrogen and oxygen atoms in total. The molecule has 2 heterocycles. The number of carbonyl (C=O) groups excluding carboxylic acids is 2. The number of rotatable bonds is 6. The number of hydrogen-bond acceptors (Lipinski definition) is 5. The van der Waals surface area contributed by atoms with Crippen molar-refractivity contribution in [3.8, 4) is 0 Å². The summed E-state index contributed by atoms with van der Waals surface area (Å²) in [4.78, 5) is 29.8. The molecule has 1 aliphatic heterocycles. The van der Waals surface area contributed by atoms with Crippen LogP contribution in [0.3, 0.4) is 0 Å². The number of carbonyl (C=O) groups is 2. The van der Waals surface area contributed by atoms with E-state index in [1.165, 1.54) is 0 Å². The maximum atomic E-state index is 11.9. The van der Waals surface area contributed by atoms with E-state index in [-0.39, 0.29) is 18.3 Å². The third-order valence-electron chi connectivity index (χ3n) is 5.25. The van der Waals surface area contributed by atoms with Gasteiger partial charge in [0.2, 0.25) is 0 Å². The van der Waals surface area contributed by atoms with Gasteiger partial charge in [-0.1, -0.05) is 6.07 Å². The first-order valence-electron chi connectivity index (χ1n) is 9.97. The summed E-state index contributed by atoms with van der Waals surface area (Å²) < 4.78 is 10.9. The predicted octanol–water partition coefficient (Wildman–Crippen LogP) is 3.14. The second kappa shape index (κ2) is 10.1. The SMILES string of the molecule is O=C(NCCc1ccccn1)OC1CCC(COC(=O)N2CCCC2)CC1. The molecule has 7 heteroatoms. The molecule has 2 amide bonds. The van der Waals surface area contributed by atoms with Gasteiger partial charge in [-0.3, -0.25) is 4.98 Å². The van der Waals surface area contributed by atoms with Gasteiger partial charge in [-0.15, -0.1) is 0 Å². The second-order valence-corrected chi connectivity index (χ2v) is 7.32. The summed E-state index contributed by atoms with van der Waals surface area (Å²) in [5.74, 6) is 0.364. The van der Waals surface area contributed by atoms with Crippen LogP contribution in [0.5, 0.6) is 0 Å². The van der Waals surface area contributed by atoms with Gasteiger partial charge >= 0.3 is 12.2 Å². The van der Waals surface area contributed by atoms with E-state index in [9.17, 15) is 9.59 Å². The molecule has 1 saturated heterocycles. The number of nitrogens with zero attached hydrogens (tertiary/aromatic N) is 2. The molecule has 1 aromatic rings. The molecular weight excluding hydrogens is 346 g/mol. The summed E-state index contributed by atoms with van der Waals surface area (Å²) in [6.45, 7) is 2.61. The van der Waals surface area contributed by atoms with Gasteiger partial charge in [0.15, 0.2) is 0 Å². The van der Waals surface area contributed by atoms with Gasteiger partial charge in [0, 0.05) is 37.9 Å². The third-order valence-corrected chi connectivity index (χ3v) is 5.25. The Hall–Kier alpha value is -2.31. The molecule has 0 aromatic carbocycles. The first-order chi connectivity index (χ1) is 13.2. The standard InChI is InChI=1S/C20H29N3O4/c24-19(22-12-10-17-5-1-2-11-21-17)27-18-8-6-16(7-9-18)15-26-20(25)23-13-3-4-14-23/h1-2,5,11,16,18H,3-4,6-10,12-15H2,(H,22,24). The summed E-state index contributed by atoms with van der Waals surface area (Å²) in [6, 6.07) is 5.74. The van der Waals surface area contributed by atoms with Crippen LogP contribution in [0.15, 0.2) is 24.4 Å². The average Bonchev–Trinajstić information content (AvgIpc) is 3.23. The van der Waals surface area contributed by atoms with Gasteiger partial charge in [-0.25, -0.2) is 9.59 Å². The number of likely N-dealkylation sites (tertiary alicyclic amines) is 1. The van der Waals surface area contributed by atoms with E-state index in [1.807, 2.05) is 18.2 Å². The van der Waals surface area contributed by atoms with E-state index >= 15 is 0 Å². The number of hydrogen-bond donors (Lipinski definition) is 1. The first-order valence-corrected chi connectivity index (χ1v) is 9.97. The molecule has 3 rings (SSSR count). The van der Waals surface area contributed by atoms with Gasteiger partial charge in [-0.05, 0) is 56.6 Å². The van der Waals surface area contributed by atoms with Crippen molar-refractivity contribution in [3.05, 3.63) is 30.1 Å². The molecule has 2 aliphatic rings. The zero-order valence-electron chi connectivity index (χ0n) is 15.8. The minimum Gasteiger partial charge on any atom is -0.449 e. The number of pyridine rings is 1. The highest BCUT2D eigenvalue weighted by Crippen LogP contribution is 2.26. The minimum absolute atomic E-state index is 0.0506. The topological polar surface area (TPSA) is 80.8 Å². The summed E-state index contributed by atoms with van der Waals surface area (Å²) in [5, 5.41) is 2.78. The van der Waals surface area contributed by atoms with Gasteiger partial charge in [0.05, 0.1) is 6.61 Å². The van der Waals surface area contributed by atoms with Crippen LogP contribution in [0.25, 0.3) is 0 Å². The van der Waals surface area contributed by atoms with Crippen LogP contribution < -0.4 is 5.32 Å². The largest absolute Gasteiger partial charge is 0.449 e. The van der Waals surface area contributed by atoms with Crippen molar-refractivity contribution >= 4 is 12.2 Å². The molecular formula is C20H29N3O4. The van der Waals surface area contributed by atoms with Crippen LogP contribution in [0.2, 0.25) is 0 Å². The summed E-state index contributed by atoms with van der Waals surface area (Å²) >= 11 is 0. The predicted molar refractivity (Wildman–Crippen MR) is 100 cm³/mol. The molecule has 148 valence electrons. The van der Waals surface area contributed by atoms with Gasteiger partial charge in [0.25, 0.3) is 0 Å². The van der Waals surface area contributed by atoms with E-state index in [4.69, 9.17) is 9.47 Å². The smallest absolute Gasteiger partial charge is 0.409 e. The van der Waals surface area contributed by atoms with Gasteiger partial charge in [-0.2, -0.15) is 0 Å². The second-order valence-electron chi connectivity index (χ2n) is 7.32. The summed E-state index contributed by atoms with van der Waals surface area (Å²) in [7, 11) is 0. The number of aromatic nitrogens is 1. The Morgan fingerprint density at radius 3 is 2.63 bits per heavy atom. The van der Waals surface area contributed by atoms with Crippen molar-refractivity contribution in [2.24, 2.45) is 5.92 Å². The van der Waals surface area contributed by atoms with Crippen molar-refractivity contribution in [2.45, 2.75) is 51.0 Å². The van der Waals surface area contributed by atoms with Crippen LogP contribution in [0, 0.1) is 5.92 Å². The zero-order chi connectivity index (χ0) is 18.9. The van der Waals surface area contributed by atoms with Crippen molar-refractivity contribution in [1.82, 2.24) is 15.2 Å². The van der Waals surface area contributed by atoms with Crippen LogP contribution in [-0.4, -0.2) is 54.4 Å². The van der Waals surface area contributed by atoms with Crippen molar-refractivity contribution in [3.63, 3.8) is 0 Å². The number of alkyl carbamates (subject to hydrolysis) is 1. The molecule has 1 aromatic heterocycles. The average molecular weight is 375 g/mol. The molecule has 0 atom stereocenters. The lowest BCUT2D eigenvalue weighted by atomic mass is 9.88. The van der Waals surface area contributed by atoms with Crippen LogP contribution in [0.4, 0.5) is 9.59 Å². The molecule has 0 unspecified atom stereocenters. The maximum absolute atomic E-state index is 11.9. The Labute approximate surface area is 160 Å². The molecule has 1 aliphatic carbocycles. The summed E-state index contributed by atoms with van der Waals surface area (Å²) in [6.07, 6.45) is 7.44. The molecule has 2 fully saturated rings. The van der Waals surface area contributed by atoms with E-state index in [1.54, 1.807) is 11.1 Å². The quantitative estimate of drug-likeness (QED) is 0.826. The Morgan fingerprint density at radius 1 is 1.15 bits per heavy atom. The van der Waals surface area contributed by atoms with Gasteiger partial charge < -0.3 is 19.7 Å². The van der Waals surface area contributed by atoms with Crippen molar-refractivity contribution in [2.75, 3.05) is 26.2 Å². The van der Waals surface area contributed by atoms with Crippen molar-refractivity contribution in [1.29, 1.82) is 0 Å². The lowest BCUT2D eigenvalue weighted by molar-refractivity contribution is 0.0445. The minimum atomic E-state index is -0.366. The maximum Gasteiger partial charge on any atom is 0.409 e. The van der Waals surface area contributed by atoms with E-state index < -0.39 is 0 Å². The lowest BCUT2D eigenvalue weighted by Crippen LogP contribution is -2.34. The molecule has 27 heavy (non-hydrogen) atoms. The van der Waals surface area contributed by atoms with E-state index in [0.29, 0.717) is 25.5 Å². The number of nitrogens with one attached hydrogen (secondary N) is 1. The Bertz CT molecular complexity index is 597. The number of amides is 2. The fourth-order valence-electron chi connectivity index (χ4n) is 3.63. The monoisotopic (exact) mass is 375 g/mol. The molecule has 0 spiro atoms. The van der Waals surface area contributed by atoms with Crippen LogP contribution in [-0.2, 0) is 15.9 Å². The highest BCUT2D eigenvalue weighted by atomic mass is 16.6. The molecule has 0 radical (unpaired) electrons. The van der Waals surface area contributed by atoms with Gasteiger partial charge in [0.1, 0.15) is 6.10 Å². The normalized spacial score (nSPS) is 22.3. The Morgan fingerprint density at radius 2 is 1.93 bits per heavy atom. The van der Waals surface area contributed by atoms with Crippen molar-refractivity contribution < 1.29 is 19.1 Å². The van der Waals surface area contributed by atoms with E-state index in [2.05, 4.69) is 10.3 Å². The summed E-state index contributed by atoms with van der Waals surface area (Å²) in [5.41, 5.74) is 0.946. The molecule has 0 bridgehead atoms. The number of ether oxygens (including phenoxy) is 2.